The zero-order valence-corrected chi connectivity index (χ0v) is 20.5. The summed E-state index contributed by atoms with van der Waals surface area (Å²) < 4.78 is 16.6. The van der Waals surface area contributed by atoms with E-state index in [2.05, 4.69) is 20.6 Å². The summed E-state index contributed by atoms with van der Waals surface area (Å²) in [5, 5.41) is 5.95. The van der Waals surface area contributed by atoms with Gasteiger partial charge >= 0.3 is 12.0 Å². The molecule has 2 heterocycles. The molecule has 1 unspecified atom stereocenters. The minimum Gasteiger partial charge on any atom is -0.494 e. The molecule has 190 valence electrons. The van der Waals surface area contributed by atoms with Crippen molar-refractivity contribution in [1.82, 2.24) is 15.3 Å². The molecular weight excluding hydrogens is 450 g/mol. The van der Waals surface area contributed by atoms with Crippen LogP contribution in [0.2, 0.25) is 0 Å². The summed E-state index contributed by atoms with van der Waals surface area (Å²) in [6, 6.07) is 7.18. The van der Waals surface area contributed by atoms with Crippen molar-refractivity contribution in [3.8, 4) is 11.8 Å². The molecule has 1 aliphatic rings. The van der Waals surface area contributed by atoms with E-state index in [9.17, 15) is 9.59 Å². The van der Waals surface area contributed by atoms with E-state index in [1.165, 1.54) is 0 Å². The van der Waals surface area contributed by atoms with E-state index in [-0.39, 0.29) is 29.6 Å². The van der Waals surface area contributed by atoms with Crippen molar-refractivity contribution in [3.63, 3.8) is 0 Å². The number of nitrogens with two attached hydrogens (primary N) is 1. The van der Waals surface area contributed by atoms with E-state index in [4.69, 9.17) is 19.9 Å². The molecule has 10 heteroatoms. The second-order valence-electron chi connectivity index (χ2n) is 8.33. The fraction of sp³-hybridized carbons (Fsp3) is 0.520. The molecule has 0 saturated carbocycles. The molecule has 2 aromatic rings. The van der Waals surface area contributed by atoms with Crippen LogP contribution in [0.1, 0.15) is 67.4 Å². The molecule has 0 spiro atoms. The molecule has 1 aromatic heterocycles. The summed E-state index contributed by atoms with van der Waals surface area (Å²) in [4.78, 5) is 33.0. The van der Waals surface area contributed by atoms with Crippen LogP contribution in [0.25, 0.3) is 0 Å². The molecule has 1 amide bonds. The highest BCUT2D eigenvalue weighted by atomic mass is 16.5. The first kappa shape index (κ1) is 26.2. The predicted molar refractivity (Wildman–Crippen MR) is 133 cm³/mol. The zero-order valence-electron chi connectivity index (χ0n) is 20.5. The van der Waals surface area contributed by atoms with E-state index in [0.717, 1.165) is 32.2 Å². The molecule has 1 aromatic carbocycles. The minimum atomic E-state index is -0.373. The molecule has 10 nitrogen and oxygen atoms in total. The fourth-order valence-corrected chi connectivity index (χ4v) is 3.90. The summed E-state index contributed by atoms with van der Waals surface area (Å²) in [5.74, 6) is 0.358. The number of amides is 1. The number of fused-ring (bicyclic) bond motifs is 1. The Kier molecular flexibility index (Phi) is 10.1. The number of carbonyl (C=O) groups excluding carboxylic acids is 2. The Labute approximate surface area is 205 Å². The van der Waals surface area contributed by atoms with Crippen LogP contribution in [0.15, 0.2) is 24.3 Å². The highest BCUT2D eigenvalue weighted by Crippen LogP contribution is 2.37. The third-order valence-electron chi connectivity index (χ3n) is 5.68. The lowest BCUT2D eigenvalue weighted by Gasteiger charge is -2.18. The topological polar surface area (TPSA) is 138 Å². The van der Waals surface area contributed by atoms with E-state index in [0.29, 0.717) is 55.4 Å². The molecular formula is C25H35N5O5. The maximum atomic E-state index is 12.2. The van der Waals surface area contributed by atoms with Crippen LogP contribution in [0.4, 0.5) is 11.5 Å². The normalized spacial score (nSPS) is 15.0. The number of unbranched alkanes of at least 4 members (excludes halogenated alkanes) is 1. The van der Waals surface area contributed by atoms with E-state index < -0.39 is 0 Å². The van der Waals surface area contributed by atoms with Crippen LogP contribution in [-0.4, -0.2) is 55.3 Å². The third kappa shape index (κ3) is 7.81. The summed E-state index contributed by atoms with van der Waals surface area (Å²) in [6.45, 7) is 3.96. The Bertz CT molecular complexity index is 1000. The van der Waals surface area contributed by atoms with Gasteiger partial charge in [0.25, 0.3) is 0 Å². The van der Waals surface area contributed by atoms with Crippen molar-refractivity contribution in [3.05, 3.63) is 35.5 Å². The molecule has 0 aliphatic carbocycles. The lowest BCUT2D eigenvalue weighted by Crippen LogP contribution is -2.14. The summed E-state index contributed by atoms with van der Waals surface area (Å²) in [6.07, 6.45) is 4.36. The van der Waals surface area contributed by atoms with Gasteiger partial charge < -0.3 is 30.6 Å². The molecule has 0 fully saturated rings. The van der Waals surface area contributed by atoms with E-state index in [1.54, 1.807) is 31.2 Å². The smallest absolute Gasteiger partial charge is 0.338 e. The minimum absolute atomic E-state index is 0.00959. The predicted octanol–water partition coefficient (Wildman–Crippen LogP) is 3.29. The Balaban J connectivity index is 1.61. The van der Waals surface area contributed by atoms with Gasteiger partial charge in [-0.05, 0) is 70.8 Å². The van der Waals surface area contributed by atoms with Gasteiger partial charge in [0, 0.05) is 12.3 Å². The van der Waals surface area contributed by atoms with Gasteiger partial charge in [-0.25, -0.2) is 4.79 Å². The third-order valence-corrected chi connectivity index (χ3v) is 5.68. The van der Waals surface area contributed by atoms with E-state index >= 15 is 0 Å². The van der Waals surface area contributed by atoms with Crippen molar-refractivity contribution in [2.75, 3.05) is 44.5 Å². The molecule has 1 aliphatic heterocycles. The molecule has 4 N–H and O–H groups in total. The van der Waals surface area contributed by atoms with Gasteiger partial charge in [-0.2, -0.15) is 9.97 Å². The number of rotatable bonds is 13. The second kappa shape index (κ2) is 13.5. The van der Waals surface area contributed by atoms with Gasteiger partial charge in [0.15, 0.2) is 5.82 Å². The number of nitrogen functional groups attached to an aromatic ring is 1. The van der Waals surface area contributed by atoms with Gasteiger partial charge in [-0.3, -0.25) is 4.79 Å². The van der Waals surface area contributed by atoms with Crippen molar-refractivity contribution in [1.29, 1.82) is 0 Å². The number of benzene rings is 1. The van der Waals surface area contributed by atoms with Crippen LogP contribution in [-0.2, 0) is 9.53 Å². The second-order valence-corrected chi connectivity index (χ2v) is 8.33. The quantitative estimate of drug-likeness (QED) is 0.288. The average molecular weight is 486 g/mol. The highest BCUT2D eigenvalue weighted by molar-refractivity contribution is 5.95. The molecule has 0 radical (unpaired) electrons. The SMILES string of the molecule is CCOC(=O)c1cccc(OCCCC2CCC(=O)Nc3c(N)nc(OCCCCNC)nc32)c1. The number of carbonyl (C=O) groups is 2. The summed E-state index contributed by atoms with van der Waals surface area (Å²) in [5.41, 5.74) is 7.80. The Hall–Kier alpha value is -3.40. The van der Waals surface area contributed by atoms with Gasteiger partial charge in [0.05, 0.1) is 31.1 Å². The van der Waals surface area contributed by atoms with Crippen molar-refractivity contribution in [2.24, 2.45) is 0 Å². The summed E-state index contributed by atoms with van der Waals surface area (Å²) >= 11 is 0. The maximum Gasteiger partial charge on any atom is 0.338 e. The first-order chi connectivity index (χ1) is 17.0. The largest absolute Gasteiger partial charge is 0.494 e. The maximum absolute atomic E-state index is 12.2. The fourth-order valence-electron chi connectivity index (χ4n) is 3.90. The van der Waals surface area contributed by atoms with E-state index in [1.807, 2.05) is 7.05 Å². The van der Waals surface area contributed by atoms with Crippen molar-refractivity contribution in [2.45, 2.75) is 51.4 Å². The number of aromatic nitrogens is 2. The number of nitrogens with zero attached hydrogens (tertiary/aromatic N) is 2. The van der Waals surface area contributed by atoms with Crippen molar-refractivity contribution >= 4 is 23.4 Å². The van der Waals surface area contributed by atoms with Crippen LogP contribution in [0, 0.1) is 0 Å². The van der Waals surface area contributed by atoms with Gasteiger partial charge in [-0.15, -0.1) is 0 Å². The number of ether oxygens (including phenoxy) is 3. The van der Waals surface area contributed by atoms with Crippen LogP contribution < -0.4 is 25.8 Å². The number of esters is 1. The van der Waals surface area contributed by atoms with Gasteiger partial charge in [0.1, 0.15) is 11.4 Å². The standard InChI is InChI=1S/C25H35N5O5/c1-3-33-24(32)18-8-6-10-19(16-18)34-15-7-9-17-11-12-20(31)28-22-21(17)29-25(30-23(22)26)35-14-5-4-13-27-2/h6,8,10,16-17,27H,3-5,7,9,11-15H2,1-2H3,(H,28,31)(H2,26,29,30). The van der Waals surface area contributed by atoms with Gasteiger partial charge in [0.2, 0.25) is 5.91 Å². The number of hydrogen-bond donors (Lipinski definition) is 3. The van der Waals surface area contributed by atoms with Crippen LogP contribution in [0.5, 0.6) is 11.8 Å². The lowest BCUT2D eigenvalue weighted by molar-refractivity contribution is -0.116. The Morgan fingerprint density at radius 1 is 1.20 bits per heavy atom. The van der Waals surface area contributed by atoms with Crippen molar-refractivity contribution < 1.29 is 23.8 Å². The lowest BCUT2D eigenvalue weighted by atomic mass is 9.94. The number of anilines is 2. The first-order valence-corrected chi connectivity index (χ1v) is 12.2. The number of hydrogen-bond acceptors (Lipinski definition) is 9. The molecule has 3 rings (SSSR count). The number of nitrogens with one attached hydrogen (secondary N) is 2. The van der Waals surface area contributed by atoms with Gasteiger partial charge in [-0.1, -0.05) is 6.07 Å². The zero-order chi connectivity index (χ0) is 25.0. The molecule has 0 saturated heterocycles. The Morgan fingerprint density at radius 2 is 2.03 bits per heavy atom. The van der Waals surface area contributed by atoms with Crippen LogP contribution >= 0.6 is 0 Å². The monoisotopic (exact) mass is 485 g/mol. The molecule has 1 atom stereocenters. The highest BCUT2D eigenvalue weighted by Gasteiger charge is 2.27. The average Bonchev–Trinajstić information content (AvgIpc) is 3.01. The summed E-state index contributed by atoms with van der Waals surface area (Å²) in [7, 11) is 1.91. The first-order valence-electron chi connectivity index (χ1n) is 12.2. The molecule has 35 heavy (non-hydrogen) atoms. The van der Waals surface area contributed by atoms with Crippen LogP contribution in [0.3, 0.4) is 0 Å². The Morgan fingerprint density at radius 3 is 2.83 bits per heavy atom. The molecule has 0 bridgehead atoms.